The zero-order valence-electron chi connectivity index (χ0n) is 15.7. The first-order chi connectivity index (χ1) is 12.4. The highest BCUT2D eigenvalue weighted by atomic mass is 127. The van der Waals surface area contributed by atoms with E-state index in [2.05, 4.69) is 15.6 Å². The molecule has 0 saturated carbocycles. The number of benzene rings is 1. The Bertz CT molecular complexity index is 711. The Kier molecular flexibility index (Phi) is 10.0. The molecule has 0 bridgehead atoms. The molecule has 5 nitrogen and oxygen atoms in total. The SMILES string of the molecule is CCNC(=NCC(C)(O)c1ccsc1)NCC(C)Oc1ccccc1F.I. The minimum absolute atomic E-state index is 0. The van der Waals surface area contributed by atoms with Crippen LogP contribution in [0, 0.1) is 5.82 Å². The zero-order chi connectivity index (χ0) is 19.0. The third-order valence-electron chi connectivity index (χ3n) is 3.75. The first kappa shape index (κ1) is 23.6. The second-order valence-corrected chi connectivity index (χ2v) is 7.00. The summed E-state index contributed by atoms with van der Waals surface area (Å²) in [7, 11) is 0. The fourth-order valence-corrected chi connectivity index (χ4v) is 3.06. The van der Waals surface area contributed by atoms with Gasteiger partial charge in [-0.15, -0.1) is 24.0 Å². The van der Waals surface area contributed by atoms with Gasteiger partial charge in [-0.1, -0.05) is 12.1 Å². The highest BCUT2D eigenvalue weighted by molar-refractivity contribution is 14.0. The number of nitrogens with one attached hydrogen (secondary N) is 2. The molecular formula is C19H27FIN3O2S. The third kappa shape index (κ3) is 7.63. The van der Waals surface area contributed by atoms with Gasteiger partial charge in [0.25, 0.3) is 0 Å². The van der Waals surface area contributed by atoms with E-state index in [1.54, 1.807) is 36.5 Å². The average Bonchev–Trinajstić information content (AvgIpc) is 3.15. The van der Waals surface area contributed by atoms with E-state index in [4.69, 9.17) is 4.74 Å². The summed E-state index contributed by atoms with van der Waals surface area (Å²) in [6, 6.07) is 8.22. The Morgan fingerprint density at radius 3 is 2.70 bits per heavy atom. The highest BCUT2D eigenvalue weighted by Crippen LogP contribution is 2.23. The van der Waals surface area contributed by atoms with Gasteiger partial charge in [0.2, 0.25) is 0 Å². The number of aliphatic hydroxyl groups is 1. The quantitative estimate of drug-likeness (QED) is 0.290. The molecule has 2 atom stereocenters. The lowest BCUT2D eigenvalue weighted by atomic mass is 10.00. The number of guanidine groups is 1. The van der Waals surface area contributed by atoms with Crippen molar-refractivity contribution in [2.75, 3.05) is 19.6 Å². The van der Waals surface area contributed by atoms with Crippen LogP contribution in [0.1, 0.15) is 26.3 Å². The van der Waals surface area contributed by atoms with Crippen LogP contribution in [-0.4, -0.2) is 36.8 Å². The van der Waals surface area contributed by atoms with Crippen molar-refractivity contribution in [3.63, 3.8) is 0 Å². The number of aliphatic imine (C=N–C) groups is 1. The Labute approximate surface area is 181 Å². The van der Waals surface area contributed by atoms with Gasteiger partial charge in [-0.2, -0.15) is 11.3 Å². The molecule has 2 aromatic rings. The normalized spacial score (nSPS) is 14.6. The summed E-state index contributed by atoms with van der Waals surface area (Å²) in [6.07, 6.45) is -0.256. The maximum atomic E-state index is 13.6. The largest absolute Gasteiger partial charge is 0.486 e. The second kappa shape index (κ2) is 11.5. The summed E-state index contributed by atoms with van der Waals surface area (Å²) >= 11 is 1.54. The molecule has 3 N–H and O–H groups in total. The van der Waals surface area contributed by atoms with Crippen LogP contribution in [0.15, 0.2) is 46.1 Å². The molecule has 2 rings (SSSR count). The third-order valence-corrected chi connectivity index (χ3v) is 4.44. The van der Waals surface area contributed by atoms with Crippen LogP contribution >= 0.6 is 35.3 Å². The van der Waals surface area contributed by atoms with Crippen LogP contribution in [0.2, 0.25) is 0 Å². The lowest BCUT2D eigenvalue weighted by molar-refractivity contribution is 0.0677. The number of para-hydroxylation sites is 1. The summed E-state index contributed by atoms with van der Waals surface area (Å²) < 4.78 is 19.3. The number of rotatable bonds is 8. The van der Waals surface area contributed by atoms with E-state index in [9.17, 15) is 9.50 Å². The van der Waals surface area contributed by atoms with E-state index in [-0.39, 0.29) is 48.2 Å². The van der Waals surface area contributed by atoms with Crippen molar-refractivity contribution in [1.82, 2.24) is 10.6 Å². The number of nitrogens with zero attached hydrogens (tertiary/aromatic N) is 1. The molecule has 0 aliphatic heterocycles. The maximum absolute atomic E-state index is 13.6. The monoisotopic (exact) mass is 507 g/mol. The van der Waals surface area contributed by atoms with Crippen molar-refractivity contribution in [2.45, 2.75) is 32.5 Å². The van der Waals surface area contributed by atoms with Crippen molar-refractivity contribution in [2.24, 2.45) is 4.99 Å². The van der Waals surface area contributed by atoms with E-state index >= 15 is 0 Å². The van der Waals surface area contributed by atoms with E-state index < -0.39 is 5.60 Å². The van der Waals surface area contributed by atoms with Gasteiger partial charge in [0, 0.05) is 6.54 Å². The smallest absolute Gasteiger partial charge is 0.191 e. The van der Waals surface area contributed by atoms with E-state index in [1.165, 1.54) is 6.07 Å². The number of hydrogen-bond acceptors (Lipinski definition) is 4. The summed E-state index contributed by atoms with van der Waals surface area (Å²) in [6.45, 7) is 6.92. The number of halogens is 2. The minimum Gasteiger partial charge on any atom is -0.486 e. The van der Waals surface area contributed by atoms with Crippen LogP contribution in [0.4, 0.5) is 4.39 Å². The van der Waals surface area contributed by atoms with Gasteiger partial charge in [-0.25, -0.2) is 9.38 Å². The standard InChI is InChI=1S/C19H26FN3O2S.HI/c1-4-21-18(23-13-19(3,24)15-9-10-26-12-15)22-11-14(2)25-17-8-6-5-7-16(17)20;/h5-10,12,14,24H,4,11,13H2,1-3H3,(H2,21,22,23);1H. The molecule has 0 aliphatic rings. The van der Waals surface area contributed by atoms with E-state index in [1.807, 2.05) is 30.7 Å². The van der Waals surface area contributed by atoms with Gasteiger partial charge in [0.15, 0.2) is 17.5 Å². The lowest BCUT2D eigenvalue weighted by Gasteiger charge is -2.22. The molecule has 0 fully saturated rings. The molecule has 0 radical (unpaired) electrons. The van der Waals surface area contributed by atoms with Gasteiger partial charge in [0.1, 0.15) is 11.7 Å². The first-order valence-electron chi connectivity index (χ1n) is 8.61. The number of thiophene rings is 1. The molecular weight excluding hydrogens is 480 g/mol. The van der Waals surface area contributed by atoms with Crippen LogP contribution in [0.5, 0.6) is 5.75 Å². The van der Waals surface area contributed by atoms with E-state index in [0.717, 1.165) is 5.56 Å². The Balaban J connectivity index is 0.00000364. The summed E-state index contributed by atoms with van der Waals surface area (Å²) in [4.78, 5) is 4.46. The molecule has 0 saturated heterocycles. The molecule has 1 heterocycles. The molecule has 1 aromatic carbocycles. The van der Waals surface area contributed by atoms with E-state index in [0.29, 0.717) is 19.0 Å². The fourth-order valence-electron chi connectivity index (χ4n) is 2.28. The van der Waals surface area contributed by atoms with Gasteiger partial charge < -0.3 is 20.5 Å². The predicted molar refractivity (Wildman–Crippen MR) is 120 cm³/mol. The van der Waals surface area contributed by atoms with Crippen LogP contribution in [-0.2, 0) is 5.60 Å². The van der Waals surface area contributed by atoms with Gasteiger partial charge >= 0.3 is 0 Å². The number of ether oxygens (including phenoxy) is 1. The second-order valence-electron chi connectivity index (χ2n) is 6.22. The Morgan fingerprint density at radius 2 is 2.07 bits per heavy atom. The maximum Gasteiger partial charge on any atom is 0.191 e. The Morgan fingerprint density at radius 1 is 1.33 bits per heavy atom. The number of hydrogen-bond donors (Lipinski definition) is 3. The molecule has 27 heavy (non-hydrogen) atoms. The molecule has 0 amide bonds. The van der Waals surface area contributed by atoms with Gasteiger partial charge in [-0.05, 0) is 55.3 Å². The molecule has 150 valence electrons. The summed E-state index contributed by atoms with van der Waals surface area (Å²) in [5.74, 6) is 0.419. The summed E-state index contributed by atoms with van der Waals surface area (Å²) in [5, 5.41) is 20.7. The van der Waals surface area contributed by atoms with Crippen molar-refractivity contribution in [3.8, 4) is 5.75 Å². The molecule has 0 aliphatic carbocycles. The lowest BCUT2D eigenvalue weighted by Crippen LogP contribution is -2.42. The van der Waals surface area contributed by atoms with Crippen molar-refractivity contribution < 1.29 is 14.2 Å². The van der Waals surface area contributed by atoms with Crippen LogP contribution in [0.3, 0.4) is 0 Å². The minimum atomic E-state index is -1.03. The molecule has 8 heteroatoms. The molecule has 2 unspecified atom stereocenters. The van der Waals surface area contributed by atoms with Gasteiger partial charge in [0.05, 0.1) is 13.1 Å². The van der Waals surface area contributed by atoms with Gasteiger partial charge in [-0.3, -0.25) is 0 Å². The van der Waals surface area contributed by atoms with Crippen molar-refractivity contribution >= 4 is 41.3 Å². The topological polar surface area (TPSA) is 65.9 Å². The Hall–Kier alpha value is -1.39. The first-order valence-corrected chi connectivity index (χ1v) is 9.55. The molecule has 1 aromatic heterocycles. The van der Waals surface area contributed by atoms with Crippen molar-refractivity contribution in [1.29, 1.82) is 0 Å². The van der Waals surface area contributed by atoms with Crippen molar-refractivity contribution in [3.05, 3.63) is 52.5 Å². The predicted octanol–water partition coefficient (Wildman–Crippen LogP) is 3.74. The van der Waals surface area contributed by atoms with Crippen LogP contribution < -0.4 is 15.4 Å². The molecule has 0 spiro atoms. The summed E-state index contributed by atoms with van der Waals surface area (Å²) in [5.41, 5.74) is -0.184. The van der Waals surface area contributed by atoms with Crippen LogP contribution in [0.25, 0.3) is 0 Å². The highest BCUT2D eigenvalue weighted by Gasteiger charge is 2.23. The average molecular weight is 507 g/mol. The fraction of sp³-hybridized carbons (Fsp3) is 0.421. The zero-order valence-corrected chi connectivity index (χ0v) is 18.9.